The van der Waals surface area contributed by atoms with Gasteiger partial charge in [0.1, 0.15) is 24.1 Å². The number of alkyl halides is 1. The highest BCUT2D eigenvalue weighted by Crippen LogP contribution is 2.37. The van der Waals surface area contributed by atoms with E-state index in [4.69, 9.17) is 32.9 Å². The lowest BCUT2D eigenvalue weighted by Gasteiger charge is -2.41. The van der Waals surface area contributed by atoms with Crippen LogP contribution in [0.4, 0.5) is 15.9 Å². The SMILES string of the molecule is [C-]#[N+]C[C@H]1CN(c2nc(OC[C@@H]3CC(C)(F)CN3C)nc3c2CCN(c2cccc4cccc(Cl)c24)C3)CCN1C(=O)C=C. The van der Waals surface area contributed by atoms with Crippen LogP contribution in [0, 0.1) is 6.57 Å². The van der Waals surface area contributed by atoms with Gasteiger partial charge < -0.3 is 24.3 Å². The Labute approximate surface area is 262 Å². The Bertz CT molecular complexity index is 1620. The molecule has 4 heterocycles. The van der Waals surface area contributed by atoms with Crippen LogP contribution in [0.3, 0.4) is 0 Å². The molecular formula is C33H37ClFN7O2. The summed E-state index contributed by atoms with van der Waals surface area (Å²) in [6.45, 7) is 16.4. The summed E-state index contributed by atoms with van der Waals surface area (Å²) in [5.41, 5.74) is 1.69. The molecule has 2 saturated heterocycles. The molecule has 6 rings (SSSR count). The number of anilines is 2. The van der Waals surface area contributed by atoms with Gasteiger partial charge >= 0.3 is 6.01 Å². The summed E-state index contributed by atoms with van der Waals surface area (Å²) in [6, 6.07) is 12.0. The van der Waals surface area contributed by atoms with Crippen LogP contribution in [-0.2, 0) is 17.8 Å². The van der Waals surface area contributed by atoms with Gasteiger partial charge in [0.25, 0.3) is 0 Å². The van der Waals surface area contributed by atoms with Crippen LogP contribution >= 0.6 is 11.6 Å². The van der Waals surface area contributed by atoms with E-state index >= 15 is 0 Å². The van der Waals surface area contributed by atoms with E-state index in [0.29, 0.717) is 50.6 Å². The number of aromatic nitrogens is 2. The first-order chi connectivity index (χ1) is 21.2. The van der Waals surface area contributed by atoms with Crippen molar-refractivity contribution in [3.8, 4) is 6.01 Å². The number of carbonyl (C=O) groups is 1. The van der Waals surface area contributed by atoms with Crippen molar-refractivity contribution in [2.24, 2.45) is 0 Å². The molecule has 0 spiro atoms. The van der Waals surface area contributed by atoms with Crippen LogP contribution in [0.15, 0.2) is 49.1 Å². The van der Waals surface area contributed by atoms with Crippen LogP contribution in [0.25, 0.3) is 15.6 Å². The maximum absolute atomic E-state index is 14.7. The van der Waals surface area contributed by atoms with Gasteiger partial charge in [0.15, 0.2) is 0 Å². The number of carbonyl (C=O) groups excluding carboxylic acids is 1. The first-order valence-corrected chi connectivity index (χ1v) is 15.4. The fraction of sp³-hybridized carbons (Fsp3) is 0.455. The molecule has 230 valence electrons. The van der Waals surface area contributed by atoms with Gasteiger partial charge in [-0.1, -0.05) is 42.4 Å². The smallest absolute Gasteiger partial charge is 0.318 e. The summed E-state index contributed by atoms with van der Waals surface area (Å²) in [4.78, 5) is 34.1. The number of halogens is 2. The summed E-state index contributed by atoms with van der Waals surface area (Å²) >= 11 is 6.69. The van der Waals surface area contributed by atoms with Crippen molar-refractivity contribution in [2.75, 3.05) is 62.7 Å². The predicted molar refractivity (Wildman–Crippen MR) is 171 cm³/mol. The molecule has 1 amide bonds. The minimum absolute atomic E-state index is 0.0843. The van der Waals surface area contributed by atoms with Crippen LogP contribution in [0.1, 0.15) is 24.6 Å². The summed E-state index contributed by atoms with van der Waals surface area (Å²) in [6.07, 6.45) is 2.40. The van der Waals surface area contributed by atoms with Crippen molar-refractivity contribution >= 4 is 39.8 Å². The van der Waals surface area contributed by atoms with Crippen LogP contribution in [0.5, 0.6) is 6.01 Å². The lowest BCUT2D eigenvalue weighted by molar-refractivity contribution is -0.128. The standard InChI is InChI=1S/C33H37ClFN7O2/c1-5-29(43)42-15-14-41(18-24(42)17-36-3)31-25-12-13-40(28-11-7-9-22-8-6-10-26(34)30(22)28)19-27(25)37-32(38-31)44-20-23-16-33(2,35)21-39(23)4/h5-11,23-24H,1,12-21H2,2,4H3/t23-,24-,33?/m0/s1. The number of likely N-dealkylation sites (N-methyl/N-ethyl adjacent to an activating group) is 1. The Kier molecular flexibility index (Phi) is 8.36. The lowest BCUT2D eigenvalue weighted by Crippen LogP contribution is -2.56. The maximum atomic E-state index is 14.7. The Morgan fingerprint density at radius 3 is 2.73 bits per heavy atom. The number of fused-ring (bicyclic) bond motifs is 2. The molecule has 3 aliphatic heterocycles. The second kappa shape index (κ2) is 12.2. The molecule has 11 heteroatoms. The summed E-state index contributed by atoms with van der Waals surface area (Å²) < 4.78 is 20.9. The van der Waals surface area contributed by atoms with Crippen LogP contribution < -0.4 is 14.5 Å². The number of ether oxygens (including phenoxy) is 1. The van der Waals surface area contributed by atoms with Gasteiger partial charge in [-0.05, 0) is 44.0 Å². The van der Waals surface area contributed by atoms with E-state index in [9.17, 15) is 9.18 Å². The topological polar surface area (TPSA) is 69.4 Å². The molecule has 0 saturated carbocycles. The van der Waals surface area contributed by atoms with E-state index < -0.39 is 5.67 Å². The number of piperazine rings is 1. The molecule has 0 bridgehead atoms. The predicted octanol–water partition coefficient (Wildman–Crippen LogP) is 4.78. The summed E-state index contributed by atoms with van der Waals surface area (Å²) in [7, 11) is 1.91. The number of amides is 1. The quantitative estimate of drug-likeness (QED) is 0.279. The molecule has 1 aromatic heterocycles. The highest BCUT2D eigenvalue weighted by molar-refractivity contribution is 6.36. The van der Waals surface area contributed by atoms with Crippen molar-refractivity contribution in [1.82, 2.24) is 19.8 Å². The zero-order valence-electron chi connectivity index (χ0n) is 25.2. The van der Waals surface area contributed by atoms with Crippen molar-refractivity contribution in [3.63, 3.8) is 0 Å². The lowest BCUT2D eigenvalue weighted by atomic mass is 10.0. The van der Waals surface area contributed by atoms with Crippen LogP contribution in [-0.4, -0.2) is 96.4 Å². The molecule has 9 nitrogen and oxygen atoms in total. The van der Waals surface area contributed by atoms with E-state index in [1.165, 1.54) is 6.08 Å². The molecule has 3 atom stereocenters. The Morgan fingerprint density at radius 2 is 2.00 bits per heavy atom. The van der Waals surface area contributed by atoms with Crippen molar-refractivity contribution in [1.29, 1.82) is 0 Å². The third-order valence-corrected chi connectivity index (χ3v) is 9.32. The van der Waals surface area contributed by atoms with Gasteiger partial charge in [0, 0.05) is 61.8 Å². The number of rotatable bonds is 7. The fourth-order valence-electron chi connectivity index (χ4n) is 6.89. The van der Waals surface area contributed by atoms with E-state index in [2.05, 4.69) is 39.4 Å². The number of likely N-dealkylation sites (tertiary alicyclic amines) is 1. The second-order valence-corrected chi connectivity index (χ2v) is 12.6. The van der Waals surface area contributed by atoms with Gasteiger partial charge in [-0.25, -0.2) is 11.0 Å². The van der Waals surface area contributed by atoms with Gasteiger partial charge in [0.2, 0.25) is 12.5 Å². The molecule has 44 heavy (non-hydrogen) atoms. The van der Waals surface area contributed by atoms with E-state index in [1.807, 2.05) is 30.1 Å². The average Bonchev–Trinajstić information content (AvgIpc) is 3.29. The monoisotopic (exact) mass is 617 g/mol. The molecule has 2 aromatic carbocycles. The van der Waals surface area contributed by atoms with E-state index in [0.717, 1.165) is 40.1 Å². The Hall–Kier alpha value is -3.94. The molecule has 0 radical (unpaired) electrons. The third-order valence-electron chi connectivity index (χ3n) is 9.01. The van der Waals surface area contributed by atoms with Crippen molar-refractivity contribution < 1.29 is 13.9 Å². The van der Waals surface area contributed by atoms with Crippen molar-refractivity contribution in [2.45, 2.75) is 44.1 Å². The zero-order chi connectivity index (χ0) is 31.0. The molecule has 0 aliphatic carbocycles. The highest BCUT2D eigenvalue weighted by atomic mass is 35.5. The fourth-order valence-corrected chi connectivity index (χ4v) is 7.17. The molecule has 3 aromatic rings. The Morgan fingerprint density at radius 1 is 1.20 bits per heavy atom. The summed E-state index contributed by atoms with van der Waals surface area (Å²) in [5, 5.41) is 2.79. The van der Waals surface area contributed by atoms with E-state index in [1.54, 1.807) is 11.8 Å². The Balaban J connectivity index is 1.34. The second-order valence-electron chi connectivity index (χ2n) is 12.2. The molecule has 2 fully saturated rings. The van der Waals surface area contributed by atoms with Crippen LogP contribution in [0.2, 0.25) is 5.02 Å². The van der Waals surface area contributed by atoms with Gasteiger partial charge in [0.05, 0.1) is 17.3 Å². The minimum atomic E-state index is -1.26. The number of nitrogens with zero attached hydrogens (tertiary/aromatic N) is 7. The van der Waals surface area contributed by atoms with Gasteiger partial charge in [-0.3, -0.25) is 9.69 Å². The molecule has 0 N–H and O–H groups in total. The molecule has 1 unspecified atom stereocenters. The number of hydrogen-bond acceptors (Lipinski definition) is 7. The van der Waals surface area contributed by atoms with Crippen molar-refractivity contribution in [3.05, 3.63) is 76.8 Å². The van der Waals surface area contributed by atoms with Gasteiger partial charge in [-0.15, -0.1) is 0 Å². The normalized spacial score (nSPS) is 23.8. The van der Waals surface area contributed by atoms with E-state index in [-0.39, 0.29) is 37.2 Å². The van der Waals surface area contributed by atoms with Gasteiger partial charge in [-0.2, -0.15) is 9.97 Å². The largest absolute Gasteiger partial charge is 0.462 e. The molecule has 3 aliphatic rings. The maximum Gasteiger partial charge on any atom is 0.318 e. The highest BCUT2D eigenvalue weighted by Gasteiger charge is 2.40. The first-order valence-electron chi connectivity index (χ1n) is 15.0. The zero-order valence-corrected chi connectivity index (χ0v) is 25.9. The minimum Gasteiger partial charge on any atom is -0.462 e. The number of hydrogen-bond donors (Lipinski definition) is 0. The average molecular weight is 618 g/mol. The number of benzene rings is 2. The summed E-state index contributed by atoms with van der Waals surface area (Å²) in [5.74, 6) is 0.605. The third kappa shape index (κ3) is 5.91. The molecular weight excluding hydrogens is 581 g/mol. The first kappa shape index (κ1) is 30.1.